The minimum absolute atomic E-state index is 0.127. The standard InChI is InChI=1S/C7H11FS/c1-3-6(8)5-7(9)4-2/h4-5,9H,3H2,1-2H3/b6-5+,7-4+. The first-order valence-electron chi connectivity index (χ1n) is 2.92. The van der Waals surface area contributed by atoms with Crippen molar-refractivity contribution in [2.75, 3.05) is 0 Å². The van der Waals surface area contributed by atoms with Crippen LogP contribution < -0.4 is 0 Å². The molecule has 0 aromatic rings. The van der Waals surface area contributed by atoms with E-state index in [0.717, 1.165) is 0 Å². The third kappa shape index (κ3) is 4.28. The Morgan fingerprint density at radius 2 is 2.22 bits per heavy atom. The van der Waals surface area contributed by atoms with Gasteiger partial charge in [0.1, 0.15) is 5.83 Å². The van der Waals surface area contributed by atoms with Gasteiger partial charge in [-0.1, -0.05) is 13.0 Å². The number of allylic oxidation sites excluding steroid dienone is 3. The molecule has 0 spiro atoms. The van der Waals surface area contributed by atoms with Crippen molar-refractivity contribution in [1.82, 2.24) is 0 Å². The summed E-state index contributed by atoms with van der Waals surface area (Å²) < 4.78 is 12.3. The molecular weight excluding hydrogens is 135 g/mol. The van der Waals surface area contributed by atoms with Gasteiger partial charge in [0.15, 0.2) is 0 Å². The van der Waals surface area contributed by atoms with Gasteiger partial charge in [0.25, 0.3) is 0 Å². The van der Waals surface area contributed by atoms with E-state index >= 15 is 0 Å². The van der Waals surface area contributed by atoms with Crippen molar-refractivity contribution in [2.45, 2.75) is 20.3 Å². The summed E-state index contributed by atoms with van der Waals surface area (Å²) >= 11 is 3.97. The highest BCUT2D eigenvalue weighted by atomic mass is 32.1. The van der Waals surface area contributed by atoms with Gasteiger partial charge in [-0.3, -0.25) is 0 Å². The summed E-state index contributed by atoms with van der Waals surface area (Å²) in [5.41, 5.74) is 0. The topological polar surface area (TPSA) is 0 Å². The number of halogens is 1. The second-order valence-electron chi connectivity index (χ2n) is 1.66. The molecule has 0 aromatic carbocycles. The number of hydrogen-bond donors (Lipinski definition) is 1. The molecule has 0 bridgehead atoms. The predicted molar refractivity (Wildman–Crippen MR) is 42.2 cm³/mol. The summed E-state index contributed by atoms with van der Waals surface area (Å²) in [6, 6.07) is 0. The summed E-state index contributed by atoms with van der Waals surface area (Å²) in [6.45, 7) is 3.59. The van der Waals surface area contributed by atoms with E-state index in [9.17, 15) is 4.39 Å². The Hall–Kier alpha value is -0.240. The van der Waals surface area contributed by atoms with E-state index in [-0.39, 0.29) is 5.83 Å². The SMILES string of the molecule is C/C=C(S)\C=C(\F)CC. The average molecular weight is 146 g/mol. The van der Waals surface area contributed by atoms with Crippen molar-refractivity contribution in [3.8, 4) is 0 Å². The van der Waals surface area contributed by atoms with Gasteiger partial charge in [0, 0.05) is 4.91 Å². The Morgan fingerprint density at radius 1 is 1.67 bits per heavy atom. The highest BCUT2D eigenvalue weighted by Gasteiger charge is 1.87. The Balaban J connectivity index is 3.95. The first kappa shape index (κ1) is 8.76. The first-order chi connectivity index (χ1) is 4.20. The zero-order valence-electron chi connectivity index (χ0n) is 5.69. The van der Waals surface area contributed by atoms with E-state index in [0.29, 0.717) is 11.3 Å². The Morgan fingerprint density at radius 3 is 2.56 bits per heavy atom. The average Bonchev–Trinajstić information content (AvgIpc) is 1.87. The monoisotopic (exact) mass is 146 g/mol. The van der Waals surface area contributed by atoms with E-state index in [1.165, 1.54) is 6.08 Å². The highest BCUT2D eigenvalue weighted by Crippen LogP contribution is 2.09. The van der Waals surface area contributed by atoms with Crippen LogP contribution in [0.15, 0.2) is 22.9 Å². The molecule has 2 heteroatoms. The molecular formula is C7H11FS. The fourth-order valence-corrected chi connectivity index (χ4v) is 0.486. The number of thiol groups is 1. The van der Waals surface area contributed by atoms with Gasteiger partial charge < -0.3 is 0 Å². The van der Waals surface area contributed by atoms with Crippen molar-refractivity contribution in [2.24, 2.45) is 0 Å². The summed E-state index contributed by atoms with van der Waals surface area (Å²) in [4.78, 5) is 0.675. The van der Waals surface area contributed by atoms with Gasteiger partial charge in [-0.25, -0.2) is 4.39 Å². The molecule has 0 aliphatic heterocycles. The molecule has 52 valence electrons. The van der Waals surface area contributed by atoms with Crippen LogP contribution in [0, 0.1) is 0 Å². The number of rotatable bonds is 2. The lowest BCUT2D eigenvalue weighted by molar-refractivity contribution is 0.604. The second kappa shape index (κ2) is 4.62. The zero-order chi connectivity index (χ0) is 7.28. The second-order valence-corrected chi connectivity index (χ2v) is 2.17. The quantitative estimate of drug-likeness (QED) is 0.449. The van der Waals surface area contributed by atoms with Crippen LogP contribution in [-0.4, -0.2) is 0 Å². The molecule has 0 N–H and O–H groups in total. The molecule has 0 rings (SSSR count). The van der Waals surface area contributed by atoms with Crippen LogP contribution in [-0.2, 0) is 0 Å². The van der Waals surface area contributed by atoms with E-state index in [2.05, 4.69) is 12.6 Å². The van der Waals surface area contributed by atoms with Crippen molar-refractivity contribution >= 4 is 12.6 Å². The normalized spacial score (nSPS) is 14.2. The van der Waals surface area contributed by atoms with Crippen LogP contribution in [0.25, 0.3) is 0 Å². The summed E-state index contributed by atoms with van der Waals surface area (Å²) in [5, 5.41) is 0. The van der Waals surface area contributed by atoms with E-state index < -0.39 is 0 Å². The molecule has 0 nitrogen and oxygen atoms in total. The zero-order valence-corrected chi connectivity index (χ0v) is 6.58. The molecule has 0 aliphatic rings. The summed E-state index contributed by atoms with van der Waals surface area (Å²) in [7, 11) is 0. The van der Waals surface area contributed by atoms with Crippen LogP contribution in [0.4, 0.5) is 4.39 Å². The van der Waals surface area contributed by atoms with Gasteiger partial charge in [0.05, 0.1) is 0 Å². The fourth-order valence-electron chi connectivity index (χ4n) is 0.346. The third-order valence-corrected chi connectivity index (χ3v) is 1.33. The van der Waals surface area contributed by atoms with Gasteiger partial charge in [-0.2, -0.15) is 0 Å². The molecule has 0 heterocycles. The van der Waals surface area contributed by atoms with Crippen LogP contribution in [0.2, 0.25) is 0 Å². The maximum atomic E-state index is 12.3. The molecule has 0 fully saturated rings. The molecule has 0 unspecified atom stereocenters. The summed E-state index contributed by atoms with van der Waals surface area (Å²) in [6.07, 6.45) is 3.61. The fraction of sp³-hybridized carbons (Fsp3) is 0.429. The van der Waals surface area contributed by atoms with Crippen molar-refractivity contribution in [3.05, 3.63) is 22.9 Å². The number of hydrogen-bond acceptors (Lipinski definition) is 1. The van der Waals surface area contributed by atoms with Gasteiger partial charge in [0.2, 0.25) is 0 Å². The molecule has 9 heavy (non-hydrogen) atoms. The van der Waals surface area contributed by atoms with Crippen molar-refractivity contribution < 1.29 is 4.39 Å². The largest absolute Gasteiger partial charge is 0.212 e. The van der Waals surface area contributed by atoms with E-state index in [4.69, 9.17) is 0 Å². The van der Waals surface area contributed by atoms with Crippen molar-refractivity contribution in [1.29, 1.82) is 0 Å². The van der Waals surface area contributed by atoms with E-state index in [1.54, 1.807) is 13.0 Å². The minimum Gasteiger partial charge on any atom is -0.212 e. The first-order valence-corrected chi connectivity index (χ1v) is 3.36. The van der Waals surface area contributed by atoms with E-state index in [1.807, 2.05) is 6.92 Å². The maximum absolute atomic E-state index is 12.3. The molecule has 0 saturated carbocycles. The van der Waals surface area contributed by atoms with Crippen LogP contribution in [0.1, 0.15) is 20.3 Å². The van der Waals surface area contributed by atoms with Crippen LogP contribution >= 0.6 is 12.6 Å². The lowest BCUT2D eigenvalue weighted by Crippen LogP contribution is -1.68. The van der Waals surface area contributed by atoms with Gasteiger partial charge in [-0.05, 0) is 19.4 Å². The van der Waals surface area contributed by atoms with Gasteiger partial charge >= 0.3 is 0 Å². The molecule has 0 radical (unpaired) electrons. The molecule has 0 atom stereocenters. The van der Waals surface area contributed by atoms with Crippen LogP contribution in [0.3, 0.4) is 0 Å². The molecule has 0 aliphatic carbocycles. The Kier molecular flexibility index (Phi) is 4.50. The molecule has 0 saturated heterocycles. The predicted octanol–water partition coefficient (Wildman–Crippen LogP) is 3.08. The Bertz CT molecular complexity index is 136. The minimum atomic E-state index is -0.127. The van der Waals surface area contributed by atoms with Gasteiger partial charge in [-0.15, -0.1) is 12.6 Å². The van der Waals surface area contributed by atoms with Crippen LogP contribution in [0.5, 0.6) is 0 Å². The highest BCUT2D eigenvalue weighted by molar-refractivity contribution is 7.84. The molecule has 0 amide bonds. The summed E-state index contributed by atoms with van der Waals surface area (Å²) in [5.74, 6) is -0.127. The molecule has 0 aromatic heterocycles. The smallest absolute Gasteiger partial charge is 0.101 e. The third-order valence-electron chi connectivity index (χ3n) is 0.938. The van der Waals surface area contributed by atoms with Crippen molar-refractivity contribution in [3.63, 3.8) is 0 Å². The lowest BCUT2D eigenvalue weighted by Gasteiger charge is -1.88. The maximum Gasteiger partial charge on any atom is 0.101 e. The lowest BCUT2D eigenvalue weighted by atomic mass is 10.3. The Labute approximate surface area is 60.9 Å².